The molecule has 0 bridgehead atoms. The van der Waals surface area contributed by atoms with Crippen LogP contribution in [0, 0.1) is 12.3 Å². The van der Waals surface area contributed by atoms with Gasteiger partial charge >= 0.3 is 0 Å². The van der Waals surface area contributed by atoms with E-state index in [-0.39, 0.29) is 17.9 Å². The van der Waals surface area contributed by atoms with Crippen molar-refractivity contribution in [2.45, 2.75) is 39.7 Å². The smallest absolute Gasteiger partial charge is 0.271 e. The lowest BCUT2D eigenvalue weighted by Crippen LogP contribution is -2.32. The fraction of sp³-hybridized carbons (Fsp3) is 0.692. The van der Waals surface area contributed by atoms with Crippen molar-refractivity contribution in [2.24, 2.45) is 5.41 Å². The number of hydrogen-bond acceptors (Lipinski definition) is 4. The Bertz CT molecular complexity index is 477. The Morgan fingerprint density at radius 3 is 2.79 bits per heavy atom. The molecule has 0 spiro atoms. The van der Waals surface area contributed by atoms with Gasteiger partial charge in [-0.2, -0.15) is 5.10 Å². The molecule has 0 unspecified atom stereocenters. The van der Waals surface area contributed by atoms with Crippen molar-refractivity contribution in [3.05, 3.63) is 11.4 Å². The number of nitrogens with one attached hydrogen (secondary N) is 1. The van der Waals surface area contributed by atoms with Gasteiger partial charge in [0.25, 0.3) is 5.91 Å². The molecule has 0 radical (unpaired) electrons. The Labute approximate surface area is 113 Å². The molecule has 1 saturated carbocycles. The summed E-state index contributed by atoms with van der Waals surface area (Å²) >= 11 is 0. The average molecular weight is 266 g/mol. The maximum absolute atomic E-state index is 12.2. The van der Waals surface area contributed by atoms with E-state index in [1.54, 1.807) is 11.6 Å². The predicted molar refractivity (Wildman–Crippen MR) is 72.8 cm³/mol. The summed E-state index contributed by atoms with van der Waals surface area (Å²) in [5.74, 6) is -0.177. The van der Waals surface area contributed by atoms with Crippen LogP contribution in [0.25, 0.3) is 0 Å². The van der Waals surface area contributed by atoms with Gasteiger partial charge in [-0.25, -0.2) is 0 Å². The molecule has 0 atom stereocenters. The summed E-state index contributed by atoms with van der Waals surface area (Å²) in [6.07, 6.45) is 2.87. The molecule has 1 aliphatic rings. The van der Waals surface area contributed by atoms with Crippen LogP contribution in [-0.2, 0) is 6.54 Å². The molecule has 6 nitrogen and oxygen atoms in total. The number of carbonyl (C=O) groups is 1. The summed E-state index contributed by atoms with van der Waals surface area (Å²) in [6, 6.07) is 0. The van der Waals surface area contributed by atoms with Gasteiger partial charge in [-0.05, 0) is 38.5 Å². The summed E-state index contributed by atoms with van der Waals surface area (Å²) in [4.78, 5) is 12.2. The van der Waals surface area contributed by atoms with Gasteiger partial charge < -0.3 is 16.2 Å². The average Bonchev–Trinajstić information content (AvgIpc) is 3.09. The lowest BCUT2D eigenvalue weighted by Gasteiger charge is -2.15. The fourth-order valence-electron chi connectivity index (χ4n) is 2.34. The third-order valence-electron chi connectivity index (χ3n) is 3.91. The molecule has 19 heavy (non-hydrogen) atoms. The molecular weight excluding hydrogens is 244 g/mol. The van der Waals surface area contributed by atoms with E-state index in [9.17, 15) is 4.79 Å². The number of nitrogen functional groups attached to an aromatic ring is 1. The zero-order valence-corrected chi connectivity index (χ0v) is 11.6. The highest BCUT2D eigenvalue weighted by atomic mass is 16.3. The minimum Gasteiger partial charge on any atom is -0.396 e. The maximum atomic E-state index is 12.2. The highest BCUT2D eigenvalue weighted by molar-refractivity contribution is 5.98. The molecule has 4 N–H and O–H groups in total. The first kappa shape index (κ1) is 13.9. The molecule has 1 fully saturated rings. The minimum atomic E-state index is -0.177. The van der Waals surface area contributed by atoms with Gasteiger partial charge in [0.1, 0.15) is 5.69 Å². The van der Waals surface area contributed by atoms with Gasteiger partial charge in [-0.3, -0.25) is 9.48 Å². The topological polar surface area (TPSA) is 93.2 Å². The van der Waals surface area contributed by atoms with Gasteiger partial charge in [-0.15, -0.1) is 0 Å². The number of aliphatic hydroxyl groups is 1. The lowest BCUT2D eigenvalue weighted by molar-refractivity contribution is 0.0931. The molecule has 106 valence electrons. The van der Waals surface area contributed by atoms with E-state index in [4.69, 9.17) is 10.8 Å². The zero-order chi connectivity index (χ0) is 14.0. The number of nitrogens with two attached hydrogens (primary N) is 1. The number of aryl methyl sites for hydroxylation is 2. The molecule has 0 saturated heterocycles. The predicted octanol–water partition coefficient (Wildman–Crippen LogP) is 0.686. The highest BCUT2D eigenvalue weighted by Gasteiger charge is 2.42. The fourth-order valence-corrected chi connectivity index (χ4v) is 2.34. The number of aromatic nitrogens is 2. The first-order valence-corrected chi connectivity index (χ1v) is 6.75. The molecule has 1 amide bonds. The van der Waals surface area contributed by atoms with Crippen LogP contribution in [0.2, 0.25) is 0 Å². The van der Waals surface area contributed by atoms with Crippen LogP contribution in [0.3, 0.4) is 0 Å². The quantitative estimate of drug-likeness (QED) is 0.706. The van der Waals surface area contributed by atoms with Crippen LogP contribution in [-0.4, -0.2) is 33.9 Å². The van der Waals surface area contributed by atoms with Crippen molar-refractivity contribution in [1.82, 2.24) is 15.1 Å². The van der Waals surface area contributed by atoms with E-state index < -0.39 is 0 Å². The van der Waals surface area contributed by atoms with Crippen molar-refractivity contribution >= 4 is 11.6 Å². The maximum Gasteiger partial charge on any atom is 0.271 e. The summed E-state index contributed by atoms with van der Waals surface area (Å²) in [5, 5.41) is 16.2. The largest absolute Gasteiger partial charge is 0.396 e. The summed E-state index contributed by atoms with van der Waals surface area (Å²) in [6.45, 7) is 5.11. The minimum absolute atomic E-state index is 0.102. The molecule has 0 aliphatic heterocycles. The molecule has 0 aromatic carbocycles. The second kappa shape index (κ2) is 5.21. The van der Waals surface area contributed by atoms with Crippen molar-refractivity contribution in [2.75, 3.05) is 18.9 Å². The molecule has 1 heterocycles. The van der Waals surface area contributed by atoms with Crippen LogP contribution in [0.4, 0.5) is 5.69 Å². The molecule has 6 heteroatoms. The molecular formula is C13H22N4O2. The normalized spacial score (nSPS) is 16.4. The SMILES string of the molecule is CCn1nc(C)c(N)c1C(=O)NCC1(CCO)CC1. The van der Waals surface area contributed by atoms with Gasteiger partial charge in [-0.1, -0.05) is 0 Å². The van der Waals surface area contributed by atoms with Crippen molar-refractivity contribution in [1.29, 1.82) is 0 Å². The summed E-state index contributed by atoms with van der Waals surface area (Å²) in [7, 11) is 0. The van der Waals surface area contributed by atoms with E-state index in [1.165, 1.54) is 0 Å². The Morgan fingerprint density at radius 1 is 1.58 bits per heavy atom. The third-order valence-corrected chi connectivity index (χ3v) is 3.91. The molecule has 1 aliphatic carbocycles. The first-order chi connectivity index (χ1) is 9.03. The number of hydrogen-bond donors (Lipinski definition) is 3. The third kappa shape index (κ3) is 2.73. The number of aliphatic hydroxyl groups excluding tert-OH is 1. The van der Waals surface area contributed by atoms with E-state index in [1.807, 2.05) is 6.92 Å². The number of rotatable bonds is 6. The van der Waals surface area contributed by atoms with E-state index >= 15 is 0 Å². The number of carbonyl (C=O) groups excluding carboxylic acids is 1. The van der Waals surface area contributed by atoms with Crippen LogP contribution in [0.1, 0.15) is 42.4 Å². The van der Waals surface area contributed by atoms with Crippen LogP contribution >= 0.6 is 0 Å². The van der Waals surface area contributed by atoms with Crippen LogP contribution < -0.4 is 11.1 Å². The molecule has 2 rings (SSSR count). The Balaban J connectivity index is 2.04. The van der Waals surface area contributed by atoms with Crippen LogP contribution in [0.15, 0.2) is 0 Å². The molecule has 1 aromatic heterocycles. The Kier molecular flexibility index (Phi) is 3.80. The van der Waals surface area contributed by atoms with Gasteiger partial charge in [0, 0.05) is 19.7 Å². The van der Waals surface area contributed by atoms with Crippen molar-refractivity contribution in [3.8, 4) is 0 Å². The van der Waals surface area contributed by atoms with E-state index in [0.29, 0.717) is 30.2 Å². The number of nitrogens with zero attached hydrogens (tertiary/aromatic N) is 2. The Morgan fingerprint density at radius 2 is 2.26 bits per heavy atom. The summed E-state index contributed by atoms with van der Waals surface area (Å²) in [5.41, 5.74) is 7.59. The lowest BCUT2D eigenvalue weighted by atomic mass is 10.0. The van der Waals surface area contributed by atoms with Crippen molar-refractivity contribution in [3.63, 3.8) is 0 Å². The summed E-state index contributed by atoms with van der Waals surface area (Å²) < 4.78 is 1.63. The Hall–Kier alpha value is -1.56. The monoisotopic (exact) mass is 266 g/mol. The van der Waals surface area contributed by atoms with Gasteiger partial charge in [0.05, 0.1) is 11.4 Å². The standard InChI is InChI=1S/C13H22N4O2/c1-3-17-11(10(14)9(2)16-17)12(19)15-8-13(4-5-13)6-7-18/h18H,3-8,14H2,1-2H3,(H,15,19). The van der Waals surface area contributed by atoms with Gasteiger partial charge in [0.2, 0.25) is 0 Å². The molecule has 1 aromatic rings. The van der Waals surface area contributed by atoms with Crippen LogP contribution in [0.5, 0.6) is 0 Å². The first-order valence-electron chi connectivity index (χ1n) is 6.75. The van der Waals surface area contributed by atoms with Gasteiger partial charge in [0.15, 0.2) is 0 Å². The van der Waals surface area contributed by atoms with Crippen molar-refractivity contribution < 1.29 is 9.90 Å². The second-order valence-corrected chi connectivity index (χ2v) is 5.32. The second-order valence-electron chi connectivity index (χ2n) is 5.32. The zero-order valence-electron chi connectivity index (χ0n) is 11.6. The number of anilines is 1. The number of amides is 1. The van der Waals surface area contributed by atoms with E-state index in [0.717, 1.165) is 19.3 Å². The highest BCUT2D eigenvalue weighted by Crippen LogP contribution is 2.47. The van der Waals surface area contributed by atoms with E-state index in [2.05, 4.69) is 10.4 Å².